The Morgan fingerprint density at radius 1 is 1.25 bits per heavy atom. The quantitative estimate of drug-likeness (QED) is 0.594. The van der Waals surface area contributed by atoms with E-state index in [4.69, 9.17) is 17.0 Å². The number of nitrogens with one attached hydrogen (secondary N) is 2. The van der Waals surface area contributed by atoms with Crippen molar-refractivity contribution in [1.29, 1.82) is 0 Å². The maximum absolute atomic E-state index is 13.0. The summed E-state index contributed by atoms with van der Waals surface area (Å²) in [6, 6.07) is 13.4. The first-order valence-electron chi connectivity index (χ1n) is 8.81. The molecule has 0 fully saturated rings. The standard InChI is InChI=1S/C20H21FN4O2S/c1-27-11-10-25(20(28)22-12-14-6-8-15(21)9-7-14)13-18-23-17-5-3-2-4-16(17)19(26)24-18/h2-9H,10-13H2,1H3,(H,22,28)(H,23,24,26). The van der Waals surface area contributed by atoms with Gasteiger partial charge in [-0.3, -0.25) is 4.79 Å². The number of benzene rings is 2. The van der Waals surface area contributed by atoms with Gasteiger partial charge in [-0.25, -0.2) is 9.37 Å². The number of ether oxygens (including phenoxy) is 1. The van der Waals surface area contributed by atoms with Gasteiger partial charge in [0.25, 0.3) is 5.56 Å². The Bertz CT molecular complexity index is 1010. The molecule has 0 atom stereocenters. The highest BCUT2D eigenvalue weighted by Gasteiger charge is 2.13. The lowest BCUT2D eigenvalue weighted by atomic mass is 10.2. The van der Waals surface area contributed by atoms with Crippen LogP contribution in [0.25, 0.3) is 10.9 Å². The van der Waals surface area contributed by atoms with Gasteiger partial charge in [0.1, 0.15) is 11.6 Å². The molecule has 28 heavy (non-hydrogen) atoms. The van der Waals surface area contributed by atoms with E-state index in [1.165, 1.54) is 12.1 Å². The minimum atomic E-state index is -0.278. The average Bonchev–Trinajstić information content (AvgIpc) is 2.70. The Hall–Kier alpha value is -2.84. The molecule has 1 heterocycles. The van der Waals surface area contributed by atoms with Gasteiger partial charge in [0.2, 0.25) is 0 Å². The van der Waals surface area contributed by atoms with Crippen LogP contribution < -0.4 is 10.9 Å². The molecule has 6 nitrogen and oxygen atoms in total. The highest BCUT2D eigenvalue weighted by molar-refractivity contribution is 7.80. The summed E-state index contributed by atoms with van der Waals surface area (Å²) in [6.07, 6.45) is 0. The van der Waals surface area contributed by atoms with Gasteiger partial charge in [-0.15, -0.1) is 0 Å². The first kappa shape index (κ1) is 19.9. The van der Waals surface area contributed by atoms with Gasteiger partial charge in [0.15, 0.2) is 5.11 Å². The fourth-order valence-corrected chi connectivity index (χ4v) is 2.96. The summed E-state index contributed by atoms with van der Waals surface area (Å²) in [7, 11) is 1.61. The molecule has 0 bridgehead atoms. The van der Waals surface area contributed by atoms with Crippen LogP contribution in [0.2, 0.25) is 0 Å². The number of halogens is 1. The highest BCUT2D eigenvalue weighted by atomic mass is 32.1. The fourth-order valence-electron chi connectivity index (χ4n) is 2.74. The second-order valence-electron chi connectivity index (χ2n) is 6.23. The van der Waals surface area contributed by atoms with Crippen molar-refractivity contribution in [1.82, 2.24) is 20.2 Å². The highest BCUT2D eigenvalue weighted by Crippen LogP contribution is 2.08. The first-order valence-corrected chi connectivity index (χ1v) is 9.22. The van der Waals surface area contributed by atoms with Crippen LogP contribution in [-0.2, 0) is 17.8 Å². The number of hydrogen-bond acceptors (Lipinski definition) is 4. The number of thiocarbonyl (C=S) groups is 1. The van der Waals surface area contributed by atoms with Crippen LogP contribution in [0.4, 0.5) is 4.39 Å². The Balaban J connectivity index is 1.73. The summed E-state index contributed by atoms with van der Waals surface area (Å²) in [6.45, 7) is 1.79. The normalized spacial score (nSPS) is 10.8. The van der Waals surface area contributed by atoms with E-state index in [9.17, 15) is 9.18 Å². The molecule has 0 aliphatic carbocycles. The summed E-state index contributed by atoms with van der Waals surface area (Å²) < 4.78 is 18.2. The molecule has 0 saturated heterocycles. The molecule has 0 spiro atoms. The molecular weight excluding hydrogens is 379 g/mol. The van der Waals surface area contributed by atoms with Gasteiger partial charge in [-0.05, 0) is 42.0 Å². The van der Waals surface area contributed by atoms with Crippen LogP contribution in [0, 0.1) is 5.82 Å². The number of aromatic amines is 1. The summed E-state index contributed by atoms with van der Waals surface area (Å²) in [5.41, 5.74) is 1.36. The topological polar surface area (TPSA) is 70.2 Å². The Morgan fingerprint density at radius 3 is 2.75 bits per heavy atom. The molecule has 3 rings (SSSR count). The number of hydrogen-bond donors (Lipinski definition) is 2. The van der Waals surface area contributed by atoms with Crippen LogP contribution in [-0.4, -0.2) is 40.2 Å². The lowest BCUT2D eigenvalue weighted by molar-refractivity contribution is 0.173. The van der Waals surface area contributed by atoms with Crippen molar-refractivity contribution in [2.75, 3.05) is 20.3 Å². The molecule has 8 heteroatoms. The smallest absolute Gasteiger partial charge is 0.258 e. The monoisotopic (exact) mass is 400 g/mol. The molecule has 0 aliphatic heterocycles. The summed E-state index contributed by atoms with van der Waals surface area (Å²) >= 11 is 5.51. The molecule has 0 amide bonds. The van der Waals surface area contributed by atoms with Crippen molar-refractivity contribution in [3.63, 3.8) is 0 Å². The molecule has 3 aromatic rings. The van der Waals surface area contributed by atoms with Crippen LogP contribution in [0.1, 0.15) is 11.4 Å². The van der Waals surface area contributed by atoms with Crippen LogP contribution >= 0.6 is 12.2 Å². The molecule has 146 valence electrons. The molecule has 2 N–H and O–H groups in total. The first-order chi connectivity index (χ1) is 13.6. The van der Waals surface area contributed by atoms with Gasteiger partial charge in [0.05, 0.1) is 24.1 Å². The van der Waals surface area contributed by atoms with E-state index in [0.717, 1.165) is 5.56 Å². The zero-order valence-electron chi connectivity index (χ0n) is 15.4. The van der Waals surface area contributed by atoms with Gasteiger partial charge >= 0.3 is 0 Å². The van der Waals surface area contributed by atoms with Gasteiger partial charge < -0.3 is 19.9 Å². The van der Waals surface area contributed by atoms with Crippen molar-refractivity contribution >= 4 is 28.2 Å². The largest absolute Gasteiger partial charge is 0.383 e. The maximum Gasteiger partial charge on any atom is 0.258 e. The Morgan fingerprint density at radius 2 is 2.00 bits per heavy atom. The van der Waals surface area contributed by atoms with E-state index in [-0.39, 0.29) is 11.4 Å². The number of aromatic nitrogens is 2. The molecule has 0 radical (unpaired) electrons. The van der Waals surface area contributed by atoms with Crippen LogP contribution in [0.15, 0.2) is 53.3 Å². The molecule has 2 aromatic carbocycles. The molecule has 0 saturated carbocycles. The van der Waals surface area contributed by atoms with Crippen molar-refractivity contribution in [3.05, 3.63) is 76.1 Å². The number of para-hydroxylation sites is 1. The van der Waals surface area contributed by atoms with Crippen molar-refractivity contribution in [3.8, 4) is 0 Å². The number of fused-ring (bicyclic) bond motifs is 1. The van der Waals surface area contributed by atoms with Crippen molar-refractivity contribution in [2.24, 2.45) is 0 Å². The summed E-state index contributed by atoms with van der Waals surface area (Å²) in [5.74, 6) is 0.241. The third-order valence-electron chi connectivity index (χ3n) is 4.21. The fraction of sp³-hybridized carbons (Fsp3) is 0.250. The van der Waals surface area contributed by atoms with E-state index in [2.05, 4.69) is 15.3 Å². The number of nitrogens with zero attached hydrogens (tertiary/aromatic N) is 2. The lowest BCUT2D eigenvalue weighted by Gasteiger charge is -2.25. The van der Waals surface area contributed by atoms with E-state index in [1.807, 2.05) is 11.0 Å². The Kier molecular flexibility index (Phi) is 6.67. The van der Waals surface area contributed by atoms with Crippen molar-refractivity contribution in [2.45, 2.75) is 13.1 Å². The van der Waals surface area contributed by atoms with E-state index in [1.54, 1.807) is 37.4 Å². The lowest BCUT2D eigenvalue weighted by Crippen LogP contribution is -2.41. The van der Waals surface area contributed by atoms with Crippen molar-refractivity contribution < 1.29 is 9.13 Å². The van der Waals surface area contributed by atoms with Gasteiger partial charge in [-0.2, -0.15) is 0 Å². The van der Waals surface area contributed by atoms with Gasteiger partial charge in [0, 0.05) is 20.2 Å². The SMILES string of the molecule is COCCN(Cc1nc2ccccc2c(=O)[nH]1)C(=S)NCc1ccc(F)cc1. The predicted octanol–water partition coefficient (Wildman–Crippen LogP) is 2.59. The zero-order chi connectivity index (χ0) is 19.9. The number of H-pyrrole nitrogens is 1. The third-order valence-corrected chi connectivity index (χ3v) is 4.61. The second kappa shape index (κ2) is 9.38. The molecule has 0 unspecified atom stereocenters. The number of rotatable bonds is 7. The molecule has 1 aromatic heterocycles. The minimum absolute atomic E-state index is 0.183. The van der Waals surface area contributed by atoms with Crippen LogP contribution in [0.3, 0.4) is 0 Å². The predicted molar refractivity (Wildman–Crippen MR) is 110 cm³/mol. The average molecular weight is 400 g/mol. The third kappa shape index (κ3) is 5.11. The second-order valence-corrected chi connectivity index (χ2v) is 6.62. The molecule has 0 aliphatic rings. The number of methoxy groups -OCH3 is 1. The maximum atomic E-state index is 13.0. The summed E-state index contributed by atoms with van der Waals surface area (Å²) in [4.78, 5) is 21.5. The summed E-state index contributed by atoms with van der Waals surface area (Å²) in [5, 5.41) is 4.20. The van der Waals surface area contributed by atoms with Crippen LogP contribution in [0.5, 0.6) is 0 Å². The van der Waals surface area contributed by atoms with Gasteiger partial charge in [-0.1, -0.05) is 24.3 Å². The van der Waals surface area contributed by atoms with E-state index >= 15 is 0 Å². The Labute approximate surface area is 167 Å². The van der Waals surface area contributed by atoms with E-state index in [0.29, 0.717) is 48.1 Å². The van der Waals surface area contributed by atoms with E-state index < -0.39 is 0 Å². The minimum Gasteiger partial charge on any atom is -0.383 e. The zero-order valence-corrected chi connectivity index (χ0v) is 16.3. The molecular formula is C20H21FN4O2S.